The van der Waals surface area contributed by atoms with Gasteiger partial charge < -0.3 is 10.0 Å². The monoisotopic (exact) mass is 289 g/mol. The van der Waals surface area contributed by atoms with Crippen LogP contribution in [0.15, 0.2) is 42.5 Å². The molecule has 0 bridgehead atoms. The molecule has 3 nitrogen and oxygen atoms in total. The van der Waals surface area contributed by atoms with Crippen molar-refractivity contribution in [2.75, 3.05) is 11.9 Å². The molecule has 0 heterocycles. The molecule has 2 aromatic carbocycles. The summed E-state index contributed by atoms with van der Waals surface area (Å²) in [5, 5.41) is 9.99. The van der Waals surface area contributed by atoms with Crippen LogP contribution in [0, 0.1) is 6.92 Å². The van der Waals surface area contributed by atoms with Crippen LogP contribution in [0.5, 0.6) is 0 Å². The van der Waals surface area contributed by atoms with E-state index in [2.05, 4.69) is 0 Å². The fourth-order valence-corrected chi connectivity index (χ4v) is 2.49. The van der Waals surface area contributed by atoms with Gasteiger partial charge in [-0.15, -0.1) is 0 Å². The van der Waals surface area contributed by atoms with Crippen LogP contribution in [-0.4, -0.2) is 18.1 Å². The number of aromatic carboxylic acids is 1. The fourth-order valence-electron chi connectivity index (χ4n) is 2.30. The lowest BCUT2D eigenvalue weighted by Gasteiger charge is -2.24. The van der Waals surface area contributed by atoms with Crippen LogP contribution in [0.25, 0.3) is 0 Å². The largest absolute Gasteiger partial charge is 0.478 e. The molecule has 0 radical (unpaired) electrons. The van der Waals surface area contributed by atoms with E-state index >= 15 is 0 Å². The van der Waals surface area contributed by atoms with Crippen LogP contribution >= 0.6 is 11.6 Å². The van der Waals surface area contributed by atoms with Crippen LogP contribution in [0.2, 0.25) is 5.02 Å². The number of anilines is 1. The van der Waals surface area contributed by atoms with Gasteiger partial charge in [-0.1, -0.05) is 41.9 Å². The molecule has 0 aliphatic carbocycles. The van der Waals surface area contributed by atoms with Crippen molar-refractivity contribution in [1.82, 2.24) is 0 Å². The number of hydrogen-bond donors (Lipinski definition) is 1. The van der Waals surface area contributed by atoms with Crippen LogP contribution in [0.1, 0.15) is 21.5 Å². The summed E-state index contributed by atoms with van der Waals surface area (Å²) in [5.41, 5.74) is 2.93. The van der Waals surface area contributed by atoms with E-state index < -0.39 is 5.97 Å². The summed E-state index contributed by atoms with van der Waals surface area (Å²) in [6, 6.07) is 12.9. The summed E-state index contributed by atoms with van der Waals surface area (Å²) in [6.07, 6.45) is 0. The van der Waals surface area contributed by atoms with Gasteiger partial charge in [-0.3, -0.25) is 0 Å². The quantitative estimate of drug-likeness (QED) is 0.925. The Morgan fingerprint density at radius 2 is 1.90 bits per heavy atom. The van der Waals surface area contributed by atoms with E-state index in [1.54, 1.807) is 12.1 Å². The Hall–Kier alpha value is -2.00. The van der Waals surface area contributed by atoms with Gasteiger partial charge in [0, 0.05) is 18.6 Å². The van der Waals surface area contributed by atoms with Crippen molar-refractivity contribution in [3.05, 3.63) is 64.2 Å². The summed E-state index contributed by atoms with van der Waals surface area (Å²) < 4.78 is 0. The Labute approximate surface area is 123 Å². The van der Waals surface area contributed by atoms with Crippen LogP contribution in [-0.2, 0) is 6.54 Å². The van der Waals surface area contributed by atoms with Gasteiger partial charge in [0.25, 0.3) is 0 Å². The second kappa shape index (κ2) is 5.97. The van der Waals surface area contributed by atoms with Crippen molar-refractivity contribution in [1.29, 1.82) is 0 Å². The van der Waals surface area contributed by atoms with Crippen molar-refractivity contribution in [2.45, 2.75) is 13.5 Å². The first kappa shape index (κ1) is 14.4. The first-order valence-electron chi connectivity index (χ1n) is 6.28. The lowest BCUT2D eigenvalue weighted by atomic mass is 10.1. The van der Waals surface area contributed by atoms with Gasteiger partial charge >= 0.3 is 5.97 Å². The van der Waals surface area contributed by atoms with E-state index in [1.807, 2.05) is 49.2 Å². The third kappa shape index (κ3) is 2.94. The summed E-state index contributed by atoms with van der Waals surface area (Å²) in [6.45, 7) is 2.47. The standard InChI is InChI=1S/C16H16ClNO2/c1-11-6-5-8-13(16(19)20)15(11)18(2)10-12-7-3-4-9-14(12)17/h3-9H,10H2,1-2H3,(H,19,20). The molecule has 0 atom stereocenters. The maximum Gasteiger partial charge on any atom is 0.337 e. The van der Waals surface area contributed by atoms with Crippen LogP contribution < -0.4 is 4.90 Å². The highest BCUT2D eigenvalue weighted by molar-refractivity contribution is 6.31. The minimum Gasteiger partial charge on any atom is -0.478 e. The highest BCUT2D eigenvalue weighted by Crippen LogP contribution is 2.27. The number of hydrogen-bond acceptors (Lipinski definition) is 2. The zero-order valence-electron chi connectivity index (χ0n) is 11.4. The summed E-state index contributed by atoms with van der Waals surface area (Å²) in [5.74, 6) is -0.922. The molecule has 0 fully saturated rings. The topological polar surface area (TPSA) is 40.5 Å². The number of carboxylic acid groups (broad SMARTS) is 1. The van der Waals surface area contributed by atoms with E-state index in [1.165, 1.54) is 0 Å². The number of nitrogens with zero attached hydrogens (tertiary/aromatic N) is 1. The Kier molecular flexibility index (Phi) is 4.30. The summed E-state index contributed by atoms with van der Waals surface area (Å²) >= 11 is 6.15. The van der Waals surface area contributed by atoms with Gasteiger partial charge in [0.1, 0.15) is 0 Å². The zero-order chi connectivity index (χ0) is 14.7. The summed E-state index contributed by atoms with van der Waals surface area (Å²) in [4.78, 5) is 13.3. The average Bonchev–Trinajstić information content (AvgIpc) is 2.40. The number of rotatable bonds is 4. The highest BCUT2D eigenvalue weighted by Gasteiger charge is 2.16. The molecule has 1 N–H and O–H groups in total. The van der Waals surface area contributed by atoms with Gasteiger partial charge in [-0.2, -0.15) is 0 Å². The number of aryl methyl sites for hydroxylation is 1. The number of carbonyl (C=O) groups is 1. The highest BCUT2D eigenvalue weighted by atomic mass is 35.5. The van der Waals surface area contributed by atoms with Crippen molar-refractivity contribution >= 4 is 23.3 Å². The van der Waals surface area contributed by atoms with Crippen molar-refractivity contribution < 1.29 is 9.90 Å². The molecule has 4 heteroatoms. The molecule has 0 saturated carbocycles. The first-order chi connectivity index (χ1) is 9.50. The van der Waals surface area contributed by atoms with Gasteiger partial charge in [0.05, 0.1) is 11.3 Å². The number of para-hydroxylation sites is 1. The normalized spacial score (nSPS) is 10.3. The zero-order valence-corrected chi connectivity index (χ0v) is 12.2. The van der Waals surface area contributed by atoms with E-state index in [4.69, 9.17) is 11.6 Å². The first-order valence-corrected chi connectivity index (χ1v) is 6.66. The number of benzene rings is 2. The lowest BCUT2D eigenvalue weighted by molar-refractivity contribution is 0.0697. The van der Waals surface area contributed by atoms with Gasteiger partial charge in [-0.05, 0) is 30.2 Å². The third-order valence-electron chi connectivity index (χ3n) is 3.22. The number of halogens is 1. The summed E-state index contributed by atoms with van der Waals surface area (Å²) in [7, 11) is 1.87. The molecule has 0 saturated heterocycles. The Morgan fingerprint density at radius 3 is 2.55 bits per heavy atom. The molecular formula is C16H16ClNO2. The van der Waals surface area contributed by atoms with E-state index in [-0.39, 0.29) is 0 Å². The SMILES string of the molecule is Cc1cccc(C(=O)O)c1N(C)Cc1ccccc1Cl. The molecule has 0 aromatic heterocycles. The Morgan fingerprint density at radius 1 is 1.20 bits per heavy atom. The molecule has 104 valence electrons. The van der Waals surface area contributed by atoms with Crippen LogP contribution in [0.3, 0.4) is 0 Å². The lowest BCUT2D eigenvalue weighted by Crippen LogP contribution is -2.20. The second-order valence-corrected chi connectivity index (χ2v) is 5.13. The second-order valence-electron chi connectivity index (χ2n) is 4.72. The predicted molar refractivity (Wildman–Crippen MR) is 81.7 cm³/mol. The van der Waals surface area contributed by atoms with Gasteiger partial charge in [0.15, 0.2) is 0 Å². The third-order valence-corrected chi connectivity index (χ3v) is 3.58. The minimum atomic E-state index is -0.922. The molecule has 2 aromatic rings. The Bertz CT molecular complexity index is 640. The van der Waals surface area contributed by atoms with Crippen molar-refractivity contribution in [3.63, 3.8) is 0 Å². The smallest absolute Gasteiger partial charge is 0.337 e. The van der Waals surface area contributed by atoms with Gasteiger partial charge in [0.2, 0.25) is 0 Å². The molecule has 0 aliphatic rings. The van der Waals surface area contributed by atoms with Crippen molar-refractivity contribution in [3.8, 4) is 0 Å². The predicted octanol–water partition coefficient (Wildman–Crippen LogP) is 3.98. The van der Waals surface area contributed by atoms with E-state index in [0.717, 1.165) is 16.8 Å². The molecule has 0 amide bonds. The van der Waals surface area contributed by atoms with E-state index in [0.29, 0.717) is 17.1 Å². The maximum absolute atomic E-state index is 11.3. The molecule has 0 aliphatic heterocycles. The van der Waals surface area contributed by atoms with Gasteiger partial charge in [-0.25, -0.2) is 4.79 Å². The average molecular weight is 290 g/mol. The van der Waals surface area contributed by atoms with Crippen LogP contribution in [0.4, 0.5) is 5.69 Å². The molecular weight excluding hydrogens is 274 g/mol. The number of carboxylic acids is 1. The van der Waals surface area contributed by atoms with E-state index in [9.17, 15) is 9.90 Å². The molecule has 20 heavy (non-hydrogen) atoms. The molecule has 2 rings (SSSR count). The Balaban J connectivity index is 2.37. The minimum absolute atomic E-state index is 0.305. The molecule has 0 unspecified atom stereocenters. The maximum atomic E-state index is 11.3. The van der Waals surface area contributed by atoms with Crippen molar-refractivity contribution in [2.24, 2.45) is 0 Å². The molecule has 0 spiro atoms. The fraction of sp³-hybridized carbons (Fsp3) is 0.188.